The summed E-state index contributed by atoms with van der Waals surface area (Å²) < 4.78 is 18.2. The molecule has 0 fully saturated rings. The van der Waals surface area contributed by atoms with E-state index in [0.717, 1.165) is 5.56 Å². The summed E-state index contributed by atoms with van der Waals surface area (Å²) in [5.74, 6) is 0.333. The van der Waals surface area contributed by atoms with Gasteiger partial charge in [0.05, 0.1) is 6.10 Å². The van der Waals surface area contributed by atoms with Gasteiger partial charge in [-0.25, -0.2) is 4.39 Å². The fraction of sp³-hybridized carbons (Fsp3) is 0.455. The van der Waals surface area contributed by atoms with Gasteiger partial charge in [0.15, 0.2) is 0 Å². The van der Waals surface area contributed by atoms with E-state index < -0.39 is 6.10 Å². The SMILES string of the molecule is Cc1cc(F)ccc1OC(C)[C@@H](C)O. The van der Waals surface area contributed by atoms with Gasteiger partial charge in [0.25, 0.3) is 0 Å². The maximum atomic E-state index is 12.7. The van der Waals surface area contributed by atoms with Gasteiger partial charge < -0.3 is 9.84 Å². The van der Waals surface area contributed by atoms with E-state index >= 15 is 0 Å². The summed E-state index contributed by atoms with van der Waals surface area (Å²) in [4.78, 5) is 0. The standard InChI is InChI=1S/C11H15FO2/c1-7-6-10(12)4-5-11(7)14-9(3)8(2)13/h4-6,8-9,13H,1-3H3/t8-,9?/m1/s1. The lowest BCUT2D eigenvalue weighted by Gasteiger charge is -2.18. The molecule has 0 aliphatic rings. The zero-order valence-corrected chi connectivity index (χ0v) is 8.62. The molecule has 0 heterocycles. The highest BCUT2D eigenvalue weighted by molar-refractivity contribution is 5.32. The van der Waals surface area contributed by atoms with Crippen molar-refractivity contribution in [2.45, 2.75) is 33.0 Å². The molecule has 0 saturated heterocycles. The highest BCUT2D eigenvalue weighted by Gasteiger charge is 2.11. The molecule has 14 heavy (non-hydrogen) atoms. The first-order chi connectivity index (χ1) is 6.50. The Morgan fingerprint density at radius 1 is 1.36 bits per heavy atom. The van der Waals surface area contributed by atoms with Crippen molar-refractivity contribution in [1.29, 1.82) is 0 Å². The lowest BCUT2D eigenvalue weighted by molar-refractivity contribution is 0.0600. The number of hydrogen-bond donors (Lipinski definition) is 1. The van der Waals surface area contributed by atoms with Gasteiger partial charge in [-0.05, 0) is 44.5 Å². The van der Waals surface area contributed by atoms with Crippen LogP contribution >= 0.6 is 0 Å². The highest BCUT2D eigenvalue weighted by Crippen LogP contribution is 2.20. The van der Waals surface area contributed by atoms with Crippen LogP contribution in [0.3, 0.4) is 0 Å². The van der Waals surface area contributed by atoms with Crippen molar-refractivity contribution in [3.63, 3.8) is 0 Å². The van der Waals surface area contributed by atoms with Crippen molar-refractivity contribution in [2.75, 3.05) is 0 Å². The number of rotatable bonds is 3. The van der Waals surface area contributed by atoms with Crippen molar-refractivity contribution in [1.82, 2.24) is 0 Å². The maximum absolute atomic E-state index is 12.7. The van der Waals surface area contributed by atoms with E-state index in [9.17, 15) is 9.50 Å². The third-order valence-electron chi connectivity index (χ3n) is 2.13. The summed E-state index contributed by atoms with van der Waals surface area (Å²) >= 11 is 0. The Balaban J connectivity index is 2.77. The van der Waals surface area contributed by atoms with Gasteiger partial charge in [0.2, 0.25) is 0 Å². The van der Waals surface area contributed by atoms with Crippen LogP contribution in [-0.2, 0) is 0 Å². The third kappa shape index (κ3) is 2.70. The second kappa shape index (κ2) is 4.42. The second-order valence-corrected chi connectivity index (χ2v) is 3.47. The van der Waals surface area contributed by atoms with Gasteiger partial charge in [-0.1, -0.05) is 0 Å². The smallest absolute Gasteiger partial charge is 0.123 e. The molecule has 1 aromatic rings. The Morgan fingerprint density at radius 3 is 2.50 bits per heavy atom. The zero-order valence-electron chi connectivity index (χ0n) is 8.62. The normalized spacial score (nSPS) is 14.9. The van der Waals surface area contributed by atoms with E-state index in [1.165, 1.54) is 12.1 Å². The van der Waals surface area contributed by atoms with Crippen LogP contribution < -0.4 is 4.74 Å². The quantitative estimate of drug-likeness (QED) is 0.807. The largest absolute Gasteiger partial charge is 0.488 e. The van der Waals surface area contributed by atoms with Crippen LogP contribution in [0.1, 0.15) is 19.4 Å². The molecule has 3 heteroatoms. The second-order valence-electron chi connectivity index (χ2n) is 3.47. The molecule has 0 amide bonds. The highest BCUT2D eigenvalue weighted by atomic mass is 19.1. The summed E-state index contributed by atoms with van der Waals surface area (Å²) in [6.07, 6.45) is -0.835. The van der Waals surface area contributed by atoms with Crippen molar-refractivity contribution < 1.29 is 14.2 Å². The molecule has 0 spiro atoms. The Kier molecular flexibility index (Phi) is 3.47. The minimum absolute atomic E-state index is 0.278. The Bertz CT molecular complexity index is 310. The number of hydrogen-bond acceptors (Lipinski definition) is 2. The van der Waals surface area contributed by atoms with Crippen molar-refractivity contribution in [2.24, 2.45) is 0 Å². The average Bonchev–Trinajstić information content (AvgIpc) is 2.09. The topological polar surface area (TPSA) is 29.5 Å². The lowest BCUT2D eigenvalue weighted by Crippen LogP contribution is -2.25. The van der Waals surface area contributed by atoms with Gasteiger partial charge in [-0.3, -0.25) is 0 Å². The molecule has 0 bridgehead atoms. The van der Waals surface area contributed by atoms with E-state index in [0.29, 0.717) is 5.75 Å². The fourth-order valence-corrected chi connectivity index (χ4v) is 1.04. The molecule has 1 N–H and O–H groups in total. The van der Waals surface area contributed by atoms with Crippen LogP contribution in [0.2, 0.25) is 0 Å². The molecular formula is C11H15FO2. The average molecular weight is 198 g/mol. The third-order valence-corrected chi connectivity index (χ3v) is 2.13. The Hall–Kier alpha value is -1.09. The number of aliphatic hydroxyl groups is 1. The monoisotopic (exact) mass is 198 g/mol. The number of aliphatic hydroxyl groups excluding tert-OH is 1. The first-order valence-electron chi connectivity index (χ1n) is 4.61. The molecule has 1 aromatic carbocycles. The molecule has 78 valence electrons. The molecule has 0 aliphatic carbocycles. The molecule has 1 unspecified atom stereocenters. The summed E-state index contributed by atoms with van der Waals surface area (Å²) in [7, 11) is 0. The molecule has 0 radical (unpaired) electrons. The van der Waals surface area contributed by atoms with Gasteiger partial charge in [0.1, 0.15) is 17.7 Å². The predicted molar refractivity (Wildman–Crippen MR) is 52.9 cm³/mol. The van der Waals surface area contributed by atoms with Crippen molar-refractivity contribution >= 4 is 0 Å². The number of ether oxygens (including phenoxy) is 1. The summed E-state index contributed by atoms with van der Waals surface area (Å²) in [5, 5.41) is 9.23. The first kappa shape index (κ1) is 11.0. The van der Waals surface area contributed by atoms with Gasteiger partial charge in [0, 0.05) is 0 Å². The van der Waals surface area contributed by atoms with E-state index in [4.69, 9.17) is 4.74 Å². The van der Waals surface area contributed by atoms with E-state index in [1.54, 1.807) is 26.8 Å². The molecule has 0 saturated carbocycles. The summed E-state index contributed by atoms with van der Waals surface area (Å²) in [6, 6.07) is 4.32. The Morgan fingerprint density at radius 2 is 2.00 bits per heavy atom. The Labute approximate surface area is 83.3 Å². The predicted octanol–water partition coefficient (Wildman–Crippen LogP) is 2.28. The van der Waals surface area contributed by atoms with Crippen LogP contribution in [0.4, 0.5) is 4.39 Å². The van der Waals surface area contributed by atoms with E-state index in [2.05, 4.69) is 0 Å². The molecule has 2 nitrogen and oxygen atoms in total. The molecule has 2 atom stereocenters. The van der Waals surface area contributed by atoms with Crippen LogP contribution in [0, 0.1) is 12.7 Å². The van der Waals surface area contributed by atoms with Crippen LogP contribution in [-0.4, -0.2) is 17.3 Å². The molecular weight excluding hydrogens is 183 g/mol. The van der Waals surface area contributed by atoms with E-state index in [-0.39, 0.29) is 11.9 Å². The summed E-state index contributed by atoms with van der Waals surface area (Å²) in [5.41, 5.74) is 0.734. The maximum Gasteiger partial charge on any atom is 0.123 e. The van der Waals surface area contributed by atoms with Gasteiger partial charge >= 0.3 is 0 Å². The number of halogens is 1. The van der Waals surface area contributed by atoms with Crippen molar-refractivity contribution in [3.8, 4) is 5.75 Å². The van der Waals surface area contributed by atoms with Gasteiger partial charge in [-0.2, -0.15) is 0 Å². The molecule has 1 rings (SSSR count). The fourth-order valence-electron chi connectivity index (χ4n) is 1.04. The number of aryl methyl sites for hydroxylation is 1. The van der Waals surface area contributed by atoms with Crippen molar-refractivity contribution in [3.05, 3.63) is 29.6 Å². The van der Waals surface area contributed by atoms with Crippen LogP contribution in [0.15, 0.2) is 18.2 Å². The van der Waals surface area contributed by atoms with Gasteiger partial charge in [-0.15, -0.1) is 0 Å². The minimum Gasteiger partial charge on any atom is -0.488 e. The first-order valence-corrected chi connectivity index (χ1v) is 4.61. The molecule has 0 aliphatic heterocycles. The minimum atomic E-state index is -0.542. The summed E-state index contributed by atoms with van der Waals surface area (Å²) in [6.45, 7) is 5.20. The van der Waals surface area contributed by atoms with Crippen LogP contribution in [0.5, 0.6) is 5.75 Å². The molecule has 0 aromatic heterocycles. The van der Waals surface area contributed by atoms with E-state index in [1.807, 2.05) is 0 Å². The van der Waals surface area contributed by atoms with Crippen LogP contribution in [0.25, 0.3) is 0 Å². The zero-order chi connectivity index (χ0) is 10.7. The lowest BCUT2D eigenvalue weighted by atomic mass is 10.2. The number of benzene rings is 1.